The van der Waals surface area contributed by atoms with Gasteiger partial charge in [-0.05, 0) is 80.2 Å². The van der Waals surface area contributed by atoms with Crippen LogP contribution in [0, 0.1) is 5.95 Å². The molecule has 0 amide bonds. The summed E-state index contributed by atoms with van der Waals surface area (Å²) in [7, 11) is 1.96. The number of ether oxygens (including phenoxy) is 2. The molecule has 35 heavy (non-hydrogen) atoms. The summed E-state index contributed by atoms with van der Waals surface area (Å²) in [6.07, 6.45) is 2.79. The molecule has 0 radical (unpaired) electrons. The Kier molecular flexibility index (Phi) is 6.63. The molecule has 1 aliphatic heterocycles. The fraction of sp³-hybridized carbons (Fsp3) is 0.259. The van der Waals surface area contributed by atoms with Crippen molar-refractivity contribution < 1.29 is 13.9 Å². The van der Waals surface area contributed by atoms with Crippen LogP contribution < -0.4 is 14.2 Å². The average Bonchev–Trinajstić information content (AvgIpc) is 3.27. The number of nitrogens with zero attached hydrogens (tertiary/aromatic N) is 3. The number of anilines is 1. The zero-order chi connectivity index (χ0) is 24.4. The quantitative estimate of drug-likeness (QED) is 0.238. The predicted molar refractivity (Wildman–Crippen MR) is 136 cm³/mol. The van der Waals surface area contributed by atoms with E-state index in [1.54, 1.807) is 12.1 Å². The van der Waals surface area contributed by atoms with Crippen molar-refractivity contribution in [2.24, 2.45) is 7.05 Å². The smallest absolute Gasteiger partial charge is 0.214 e. The number of pyridine rings is 1. The molecule has 5 rings (SSSR count). The van der Waals surface area contributed by atoms with E-state index in [1.165, 1.54) is 23.6 Å². The average molecular weight is 491 g/mol. The number of benzene rings is 2. The molecule has 1 N–H and O–H groups in total. The summed E-state index contributed by atoms with van der Waals surface area (Å²) < 4.78 is 30.4. The maximum Gasteiger partial charge on any atom is 0.214 e. The van der Waals surface area contributed by atoms with E-state index in [9.17, 15) is 4.39 Å². The molecule has 1 unspecified atom stereocenters. The molecule has 2 aromatic carbocycles. The Bertz CT molecular complexity index is 1340. The van der Waals surface area contributed by atoms with E-state index >= 15 is 0 Å². The van der Waals surface area contributed by atoms with Gasteiger partial charge in [-0.1, -0.05) is 18.2 Å². The topological polar surface area (TPSA) is 61.2 Å². The molecule has 4 aromatic rings. The van der Waals surface area contributed by atoms with Gasteiger partial charge in [0.05, 0.1) is 18.4 Å². The lowest BCUT2D eigenvalue weighted by Gasteiger charge is -2.28. The molecule has 1 atom stereocenters. The maximum atomic E-state index is 13.4. The number of hydrogen-bond acceptors (Lipinski definition) is 6. The Hall–Kier alpha value is -3.52. The van der Waals surface area contributed by atoms with Crippen LogP contribution in [0.2, 0.25) is 0 Å². The number of aromatic nitrogens is 3. The maximum absolute atomic E-state index is 13.4. The first kappa shape index (κ1) is 23.2. The molecule has 0 spiro atoms. The van der Waals surface area contributed by atoms with Crippen LogP contribution in [0.25, 0.3) is 11.3 Å². The van der Waals surface area contributed by atoms with E-state index in [1.807, 2.05) is 50.0 Å². The molecule has 0 aliphatic carbocycles. The molecule has 0 saturated carbocycles. The van der Waals surface area contributed by atoms with Crippen LogP contribution in [0.1, 0.15) is 37.3 Å². The Morgan fingerprint density at radius 2 is 1.97 bits per heavy atom. The van der Waals surface area contributed by atoms with Crippen molar-refractivity contribution in [3.63, 3.8) is 0 Å². The first-order valence-electron chi connectivity index (χ1n) is 11.6. The molecule has 8 heteroatoms. The number of hydrogen-bond donors (Lipinski definition) is 1. The molecule has 0 saturated heterocycles. The van der Waals surface area contributed by atoms with Crippen molar-refractivity contribution in [2.45, 2.75) is 37.2 Å². The lowest BCUT2D eigenvalue weighted by molar-refractivity contribution is 0.242. The summed E-state index contributed by atoms with van der Waals surface area (Å²) in [4.78, 5) is 4.81. The second kappa shape index (κ2) is 10.00. The van der Waals surface area contributed by atoms with Crippen molar-refractivity contribution in [1.82, 2.24) is 14.8 Å². The number of rotatable bonds is 7. The van der Waals surface area contributed by atoms with Crippen molar-refractivity contribution in [3.05, 3.63) is 83.9 Å². The molecule has 6 nitrogen and oxygen atoms in total. The summed E-state index contributed by atoms with van der Waals surface area (Å²) in [5.74, 6) is 1.83. The summed E-state index contributed by atoms with van der Waals surface area (Å²) in [5, 5.41) is 4.39. The number of fused-ring (bicyclic) bond motifs is 1. The second-order valence-corrected chi connectivity index (χ2v) is 9.57. The second-order valence-electron chi connectivity index (χ2n) is 8.69. The molecular weight excluding hydrogens is 463 g/mol. The highest BCUT2D eigenvalue weighted by atomic mass is 32.2. The molecule has 3 heterocycles. The van der Waals surface area contributed by atoms with Crippen LogP contribution in [-0.2, 0) is 7.05 Å². The van der Waals surface area contributed by atoms with Gasteiger partial charge in [0, 0.05) is 35.2 Å². The number of halogens is 1. The van der Waals surface area contributed by atoms with Gasteiger partial charge in [0.2, 0.25) is 5.95 Å². The van der Waals surface area contributed by atoms with Gasteiger partial charge in [-0.15, -0.1) is 0 Å². The summed E-state index contributed by atoms with van der Waals surface area (Å²) >= 11 is 1.38. The number of aryl methyl sites for hydroxylation is 1. The van der Waals surface area contributed by atoms with Crippen LogP contribution in [0.5, 0.6) is 11.5 Å². The Morgan fingerprint density at radius 3 is 2.74 bits per heavy atom. The summed E-state index contributed by atoms with van der Waals surface area (Å²) in [6, 6.07) is 19.2. The van der Waals surface area contributed by atoms with Crippen molar-refractivity contribution in [1.29, 1.82) is 0 Å². The summed E-state index contributed by atoms with van der Waals surface area (Å²) in [6.45, 7) is 4.68. The molecule has 180 valence electrons. The summed E-state index contributed by atoms with van der Waals surface area (Å²) in [5.41, 5.74) is 4.52. The van der Waals surface area contributed by atoms with Crippen LogP contribution in [0.4, 0.5) is 10.2 Å². The van der Waals surface area contributed by atoms with Gasteiger partial charge >= 0.3 is 0 Å². The first-order chi connectivity index (χ1) is 17.0. The van der Waals surface area contributed by atoms with Crippen molar-refractivity contribution in [2.75, 3.05) is 11.3 Å². The van der Waals surface area contributed by atoms with Gasteiger partial charge in [-0.2, -0.15) is 9.49 Å². The largest absolute Gasteiger partial charge is 0.493 e. The Labute approximate surface area is 208 Å². The van der Waals surface area contributed by atoms with E-state index in [4.69, 9.17) is 9.47 Å². The minimum Gasteiger partial charge on any atom is -0.493 e. The predicted octanol–water partition coefficient (Wildman–Crippen LogP) is 6.44. The lowest BCUT2D eigenvalue weighted by Crippen LogP contribution is -2.16. The van der Waals surface area contributed by atoms with E-state index in [0.29, 0.717) is 12.4 Å². The van der Waals surface area contributed by atoms with E-state index < -0.39 is 5.95 Å². The third-order valence-corrected chi connectivity index (χ3v) is 6.68. The lowest BCUT2D eigenvalue weighted by atomic mass is 9.83. The third-order valence-electron chi connectivity index (χ3n) is 5.88. The highest BCUT2D eigenvalue weighted by molar-refractivity contribution is 8.00. The Morgan fingerprint density at radius 1 is 1.11 bits per heavy atom. The standard InChI is InChI=1S/C27H27FN4O2S/c1-17(2)34-18-7-9-20(23(15-18)24-11-13-29-32(24)3)21-12-14-33-25-16-19(8-10-22(21)25)35-31-27-6-4-5-26(28)30-27/h4-11,13,15-17,21H,12,14H2,1-3H3,(H,30,31). The van der Waals surface area contributed by atoms with E-state index in [2.05, 4.69) is 39.1 Å². The molecule has 0 fully saturated rings. The molecule has 0 bridgehead atoms. The van der Waals surface area contributed by atoms with Gasteiger partial charge in [0.15, 0.2) is 0 Å². The van der Waals surface area contributed by atoms with Crippen LogP contribution >= 0.6 is 11.9 Å². The highest BCUT2D eigenvalue weighted by Crippen LogP contribution is 2.44. The first-order valence-corrected chi connectivity index (χ1v) is 12.4. The number of nitrogens with one attached hydrogen (secondary N) is 1. The minimum atomic E-state index is -0.513. The van der Waals surface area contributed by atoms with Crippen LogP contribution in [0.15, 0.2) is 71.8 Å². The molecular formula is C27H27FN4O2S. The fourth-order valence-electron chi connectivity index (χ4n) is 4.38. The van der Waals surface area contributed by atoms with Crippen molar-refractivity contribution in [3.8, 4) is 22.8 Å². The third kappa shape index (κ3) is 5.12. The van der Waals surface area contributed by atoms with Crippen molar-refractivity contribution >= 4 is 17.8 Å². The molecule has 1 aliphatic rings. The monoisotopic (exact) mass is 490 g/mol. The minimum absolute atomic E-state index is 0.0937. The van der Waals surface area contributed by atoms with E-state index in [-0.39, 0.29) is 12.0 Å². The fourth-order valence-corrected chi connectivity index (χ4v) is 5.02. The van der Waals surface area contributed by atoms with E-state index in [0.717, 1.165) is 39.6 Å². The normalized spacial score (nSPS) is 14.9. The van der Waals surface area contributed by atoms with Gasteiger partial charge in [-0.25, -0.2) is 4.98 Å². The highest BCUT2D eigenvalue weighted by Gasteiger charge is 2.27. The van der Waals surface area contributed by atoms with Crippen LogP contribution in [-0.4, -0.2) is 27.5 Å². The van der Waals surface area contributed by atoms with Crippen LogP contribution in [0.3, 0.4) is 0 Å². The van der Waals surface area contributed by atoms with Gasteiger partial charge in [0.1, 0.15) is 17.3 Å². The van der Waals surface area contributed by atoms with Gasteiger partial charge < -0.3 is 14.2 Å². The molecule has 2 aromatic heterocycles. The SMILES string of the molecule is CC(C)Oc1ccc(C2CCOc3cc(SNc4cccc(F)n4)ccc32)c(-c2ccnn2C)c1. The van der Waals surface area contributed by atoms with Gasteiger partial charge in [-0.3, -0.25) is 4.68 Å². The van der Waals surface area contributed by atoms with Gasteiger partial charge in [0.25, 0.3) is 0 Å². The zero-order valence-corrected chi connectivity index (χ0v) is 20.7. The Balaban J connectivity index is 1.46. The zero-order valence-electron chi connectivity index (χ0n) is 19.9.